The first-order valence-electron chi connectivity index (χ1n) is 5.70. The number of hydrogen-bond acceptors (Lipinski definition) is 3. The number of nitrogens with one attached hydrogen (secondary N) is 2. The van der Waals surface area contributed by atoms with Crippen molar-refractivity contribution in [1.82, 2.24) is 10.6 Å². The molecule has 1 saturated carbocycles. The number of urea groups is 1. The van der Waals surface area contributed by atoms with Crippen LogP contribution in [0.15, 0.2) is 24.3 Å². The standard InChI is InChI=1S/C12H17N3O2/c13-10-4-2-1-3-9(10)12(5-6-12)15-11(17)14-7-8-16/h1-4,16H,5-8,13H2,(H2,14,15,17). The number of carbonyl (C=O) groups is 1. The zero-order chi connectivity index (χ0) is 12.3. The fraction of sp³-hybridized carbons (Fsp3) is 0.417. The van der Waals surface area contributed by atoms with Crippen molar-refractivity contribution < 1.29 is 9.90 Å². The molecule has 5 nitrogen and oxygen atoms in total. The fourth-order valence-electron chi connectivity index (χ4n) is 1.95. The lowest BCUT2D eigenvalue weighted by molar-refractivity contribution is 0.229. The summed E-state index contributed by atoms with van der Waals surface area (Å²) in [6.07, 6.45) is 1.79. The van der Waals surface area contributed by atoms with Crippen molar-refractivity contribution >= 4 is 11.7 Å². The molecule has 0 bridgehead atoms. The summed E-state index contributed by atoms with van der Waals surface area (Å²) in [5, 5.41) is 14.1. The van der Waals surface area contributed by atoms with E-state index in [-0.39, 0.29) is 24.7 Å². The van der Waals surface area contributed by atoms with E-state index in [1.807, 2.05) is 24.3 Å². The lowest BCUT2D eigenvalue weighted by Crippen LogP contribution is -2.43. The maximum Gasteiger partial charge on any atom is 0.315 e. The molecule has 1 fully saturated rings. The highest BCUT2D eigenvalue weighted by Gasteiger charge is 2.46. The van der Waals surface area contributed by atoms with Crippen LogP contribution in [0.25, 0.3) is 0 Å². The van der Waals surface area contributed by atoms with Crippen LogP contribution >= 0.6 is 0 Å². The van der Waals surface area contributed by atoms with E-state index >= 15 is 0 Å². The number of amides is 2. The van der Waals surface area contributed by atoms with Crippen molar-refractivity contribution in [2.24, 2.45) is 0 Å². The summed E-state index contributed by atoms with van der Waals surface area (Å²) < 4.78 is 0. The van der Waals surface area contributed by atoms with Gasteiger partial charge < -0.3 is 21.5 Å². The van der Waals surface area contributed by atoms with Gasteiger partial charge >= 0.3 is 6.03 Å². The number of nitrogens with two attached hydrogens (primary N) is 1. The van der Waals surface area contributed by atoms with Crippen molar-refractivity contribution in [3.63, 3.8) is 0 Å². The van der Waals surface area contributed by atoms with E-state index in [4.69, 9.17) is 10.8 Å². The number of aliphatic hydroxyl groups excluding tert-OH is 1. The number of aliphatic hydroxyl groups is 1. The second kappa shape index (κ2) is 4.63. The number of para-hydroxylation sites is 1. The smallest absolute Gasteiger partial charge is 0.315 e. The SMILES string of the molecule is Nc1ccccc1C1(NC(=O)NCCO)CC1. The highest BCUT2D eigenvalue weighted by molar-refractivity contribution is 5.76. The van der Waals surface area contributed by atoms with Gasteiger partial charge in [0.15, 0.2) is 0 Å². The molecule has 0 aromatic heterocycles. The lowest BCUT2D eigenvalue weighted by Gasteiger charge is -2.19. The van der Waals surface area contributed by atoms with Gasteiger partial charge in [0.05, 0.1) is 12.1 Å². The highest BCUT2D eigenvalue weighted by atomic mass is 16.3. The van der Waals surface area contributed by atoms with Gasteiger partial charge in [-0.3, -0.25) is 0 Å². The first kappa shape index (κ1) is 11.7. The number of carbonyl (C=O) groups excluding carboxylic acids is 1. The molecule has 1 aliphatic carbocycles. The van der Waals surface area contributed by atoms with Crippen molar-refractivity contribution in [2.75, 3.05) is 18.9 Å². The second-order valence-corrected chi connectivity index (χ2v) is 4.27. The normalized spacial score (nSPS) is 16.3. The Hall–Kier alpha value is -1.75. The van der Waals surface area contributed by atoms with E-state index in [0.717, 1.165) is 18.4 Å². The summed E-state index contributed by atoms with van der Waals surface area (Å²) in [5.41, 5.74) is 7.27. The third-order valence-electron chi connectivity index (χ3n) is 2.98. The Kier molecular flexibility index (Phi) is 3.19. The van der Waals surface area contributed by atoms with E-state index in [1.165, 1.54) is 0 Å². The average Bonchev–Trinajstić information content (AvgIpc) is 3.07. The predicted octanol–water partition coefficient (Wildman–Crippen LogP) is 0.549. The van der Waals surface area contributed by atoms with Crippen LogP contribution < -0.4 is 16.4 Å². The summed E-state index contributed by atoms with van der Waals surface area (Å²) in [4.78, 5) is 11.6. The maximum atomic E-state index is 11.6. The monoisotopic (exact) mass is 235 g/mol. The average molecular weight is 235 g/mol. The van der Waals surface area contributed by atoms with Gasteiger partial charge in [-0.25, -0.2) is 4.79 Å². The van der Waals surface area contributed by atoms with Crippen molar-refractivity contribution in [3.8, 4) is 0 Å². The van der Waals surface area contributed by atoms with E-state index in [0.29, 0.717) is 5.69 Å². The van der Waals surface area contributed by atoms with Crippen LogP contribution in [0.4, 0.5) is 10.5 Å². The molecule has 1 aromatic rings. The molecule has 0 heterocycles. The van der Waals surface area contributed by atoms with E-state index in [1.54, 1.807) is 0 Å². The Morgan fingerprint density at radius 3 is 2.71 bits per heavy atom. The van der Waals surface area contributed by atoms with E-state index in [9.17, 15) is 4.79 Å². The van der Waals surface area contributed by atoms with Gasteiger partial charge in [0, 0.05) is 17.8 Å². The van der Waals surface area contributed by atoms with Gasteiger partial charge in [-0.05, 0) is 18.9 Å². The van der Waals surface area contributed by atoms with Crippen LogP contribution in [0, 0.1) is 0 Å². The van der Waals surface area contributed by atoms with Crippen LogP contribution in [-0.4, -0.2) is 24.3 Å². The third kappa shape index (κ3) is 2.50. The Morgan fingerprint density at radius 1 is 1.41 bits per heavy atom. The Balaban J connectivity index is 2.05. The van der Waals surface area contributed by atoms with Gasteiger partial charge in [-0.1, -0.05) is 18.2 Å². The van der Waals surface area contributed by atoms with Crippen LogP contribution in [0.1, 0.15) is 18.4 Å². The molecule has 2 rings (SSSR count). The van der Waals surface area contributed by atoms with Gasteiger partial charge in [-0.2, -0.15) is 0 Å². The largest absolute Gasteiger partial charge is 0.398 e. The van der Waals surface area contributed by atoms with Crippen molar-refractivity contribution in [3.05, 3.63) is 29.8 Å². The molecular weight excluding hydrogens is 218 g/mol. The van der Waals surface area contributed by atoms with Crippen LogP contribution in [0.3, 0.4) is 0 Å². The van der Waals surface area contributed by atoms with Crippen LogP contribution in [-0.2, 0) is 5.54 Å². The minimum Gasteiger partial charge on any atom is -0.398 e. The highest BCUT2D eigenvalue weighted by Crippen LogP contribution is 2.47. The van der Waals surface area contributed by atoms with Crippen molar-refractivity contribution in [1.29, 1.82) is 0 Å². The van der Waals surface area contributed by atoms with Crippen LogP contribution in [0.2, 0.25) is 0 Å². The van der Waals surface area contributed by atoms with Gasteiger partial charge in [0.1, 0.15) is 0 Å². The Bertz CT molecular complexity index is 416. The maximum absolute atomic E-state index is 11.6. The topological polar surface area (TPSA) is 87.4 Å². The fourth-order valence-corrected chi connectivity index (χ4v) is 1.95. The molecule has 0 atom stereocenters. The quantitative estimate of drug-likeness (QED) is 0.575. The molecular formula is C12H17N3O2. The van der Waals surface area contributed by atoms with Crippen LogP contribution in [0.5, 0.6) is 0 Å². The Morgan fingerprint density at radius 2 is 2.12 bits per heavy atom. The molecule has 0 aliphatic heterocycles. The zero-order valence-corrected chi connectivity index (χ0v) is 9.57. The van der Waals surface area contributed by atoms with Gasteiger partial charge in [0.25, 0.3) is 0 Å². The molecule has 5 N–H and O–H groups in total. The van der Waals surface area contributed by atoms with Crippen molar-refractivity contribution in [2.45, 2.75) is 18.4 Å². The molecule has 0 spiro atoms. The molecule has 0 unspecified atom stereocenters. The molecule has 0 radical (unpaired) electrons. The summed E-state index contributed by atoms with van der Waals surface area (Å²) >= 11 is 0. The van der Waals surface area contributed by atoms with Gasteiger partial charge in [0.2, 0.25) is 0 Å². The number of nitrogen functional groups attached to an aromatic ring is 1. The summed E-state index contributed by atoms with van der Waals surface area (Å²) in [6.45, 7) is 0.195. The number of benzene rings is 1. The first-order valence-corrected chi connectivity index (χ1v) is 5.70. The molecule has 1 aromatic carbocycles. The molecule has 1 aliphatic rings. The summed E-state index contributed by atoms with van der Waals surface area (Å²) in [7, 11) is 0. The minimum atomic E-state index is -0.315. The zero-order valence-electron chi connectivity index (χ0n) is 9.57. The molecule has 92 valence electrons. The molecule has 5 heteroatoms. The number of rotatable bonds is 4. The molecule has 2 amide bonds. The minimum absolute atomic E-state index is 0.0616. The molecule has 0 saturated heterocycles. The second-order valence-electron chi connectivity index (χ2n) is 4.27. The third-order valence-corrected chi connectivity index (χ3v) is 2.98. The molecule has 17 heavy (non-hydrogen) atoms. The predicted molar refractivity (Wildman–Crippen MR) is 65.4 cm³/mol. The number of hydrogen-bond donors (Lipinski definition) is 4. The number of anilines is 1. The van der Waals surface area contributed by atoms with Gasteiger partial charge in [-0.15, -0.1) is 0 Å². The van der Waals surface area contributed by atoms with E-state index < -0.39 is 0 Å². The summed E-state index contributed by atoms with van der Waals surface area (Å²) in [6, 6.07) is 7.30. The summed E-state index contributed by atoms with van der Waals surface area (Å²) in [5.74, 6) is 0. The lowest BCUT2D eigenvalue weighted by atomic mass is 10.0. The Labute approximate surface area is 100 Å². The van der Waals surface area contributed by atoms with E-state index in [2.05, 4.69) is 10.6 Å². The first-order chi connectivity index (χ1) is 8.18.